The van der Waals surface area contributed by atoms with Crippen LogP contribution in [0.2, 0.25) is 5.02 Å². The molecule has 0 unspecified atom stereocenters. The molecule has 2 rings (SSSR count). The van der Waals surface area contributed by atoms with Gasteiger partial charge in [0.25, 0.3) is 0 Å². The Morgan fingerprint density at radius 3 is 2.42 bits per heavy atom. The van der Waals surface area contributed by atoms with Crippen molar-refractivity contribution in [2.45, 2.75) is 0 Å². The molecule has 19 heavy (non-hydrogen) atoms. The zero-order valence-corrected chi connectivity index (χ0v) is 10.6. The third-order valence-corrected chi connectivity index (χ3v) is 2.76. The van der Waals surface area contributed by atoms with Gasteiger partial charge in [0.2, 0.25) is 0 Å². The fourth-order valence-electron chi connectivity index (χ4n) is 1.56. The lowest BCUT2D eigenvalue weighted by molar-refractivity contribution is 0.0696. The predicted octanol–water partition coefficient (Wildman–Crippen LogP) is 3.02. The first kappa shape index (κ1) is 13.0. The summed E-state index contributed by atoms with van der Waals surface area (Å²) in [6, 6.07) is 11.6. The zero-order chi connectivity index (χ0) is 13.8. The highest BCUT2D eigenvalue weighted by Crippen LogP contribution is 2.16. The van der Waals surface area contributed by atoms with Crippen molar-refractivity contribution in [3.63, 3.8) is 0 Å². The molecule has 2 aromatic rings. The van der Waals surface area contributed by atoms with Crippen LogP contribution in [0.15, 0.2) is 42.5 Å². The monoisotopic (exact) mass is 271 g/mol. The molecule has 4 heteroatoms. The van der Waals surface area contributed by atoms with Crippen LogP contribution in [0, 0.1) is 11.8 Å². The number of anilines is 1. The first-order valence-electron chi connectivity index (χ1n) is 5.47. The van der Waals surface area contributed by atoms with Crippen LogP contribution in [-0.4, -0.2) is 11.1 Å². The molecule has 0 aromatic heterocycles. The van der Waals surface area contributed by atoms with Crippen molar-refractivity contribution >= 4 is 23.3 Å². The topological polar surface area (TPSA) is 63.3 Å². The number of carbonyl (C=O) groups is 1. The minimum absolute atomic E-state index is 0.0986. The van der Waals surface area contributed by atoms with Gasteiger partial charge in [-0.15, -0.1) is 0 Å². The molecule has 0 aliphatic carbocycles. The number of nitrogens with two attached hydrogens (primary N) is 1. The minimum atomic E-state index is -1.05. The summed E-state index contributed by atoms with van der Waals surface area (Å²) in [6.07, 6.45) is 0. The molecular weight excluding hydrogens is 262 g/mol. The lowest BCUT2D eigenvalue weighted by Gasteiger charge is -2.02. The molecule has 0 aliphatic heterocycles. The van der Waals surface area contributed by atoms with Crippen molar-refractivity contribution in [1.82, 2.24) is 0 Å². The standard InChI is InChI=1S/C15H10ClNO2/c16-11-7-4-10(5-8-11)6-9-12-13(15(18)19)2-1-3-14(12)17/h1-5,7-8H,17H2,(H,18,19). The average molecular weight is 272 g/mol. The van der Waals surface area contributed by atoms with Gasteiger partial charge in [-0.25, -0.2) is 4.79 Å². The van der Waals surface area contributed by atoms with Crippen LogP contribution in [0.1, 0.15) is 21.5 Å². The van der Waals surface area contributed by atoms with E-state index in [1.54, 1.807) is 36.4 Å². The summed E-state index contributed by atoms with van der Waals surface area (Å²) < 4.78 is 0. The Morgan fingerprint density at radius 1 is 1.11 bits per heavy atom. The molecule has 2 aromatic carbocycles. The van der Waals surface area contributed by atoms with Crippen LogP contribution < -0.4 is 5.73 Å². The van der Waals surface area contributed by atoms with Crippen LogP contribution >= 0.6 is 11.6 Å². The summed E-state index contributed by atoms with van der Waals surface area (Å²) in [5, 5.41) is 9.70. The maximum Gasteiger partial charge on any atom is 0.337 e. The number of aromatic carboxylic acids is 1. The molecule has 0 bridgehead atoms. The second kappa shape index (κ2) is 5.47. The molecule has 94 valence electrons. The quantitative estimate of drug-likeness (QED) is 0.619. The maximum atomic E-state index is 11.1. The Labute approximate surface area is 115 Å². The van der Waals surface area contributed by atoms with Gasteiger partial charge in [0.1, 0.15) is 0 Å². The first-order chi connectivity index (χ1) is 9.08. The number of halogens is 1. The molecule has 0 atom stereocenters. The van der Waals surface area contributed by atoms with E-state index < -0.39 is 5.97 Å². The van der Waals surface area contributed by atoms with Crippen molar-refractivity contribution in [1.29, 1.82) is 0 Å². The highest BCUT2D eigenvalue weighted by atomic mass is 35.5. The van der Waals surface area contributed by atoms with Gasteiger partial charge in [0.05, 0.1) is 11.1 Å². The third-order valence-electron chi connectivity index (χ3n) is 2.50. The zero-order valence-electron chi connectivity index (χ0n) is 9.85. The number of rotatable bonds is 1. The molecule has 0 fully saturated rings. The van der Waals surface area contributed by atoms with E-state index in [0.717, 1.165) is 5.56 Å². The van der Waals surface area contributed by atoms with E-state index in [2.05, 4.69) is 11.8 Å². The van der Waals surface area contributed by atoms with Gasteiger partial charge in [0.15, 0.2) is 0 Å². The highest BCUT2D eigenvalue weighted by molar-refractivity contribution is 6.30. The van der Waals surface area contributed by atoms with Crippen LogP contribution in [0.3, 0.4) is 0 Å². The maximum absolute atomic E-state index is 11.1. The van der Waals surface area contributed by atoms with Gasteiger partial charge in [-0.3, -0.25) is 0 Å². The van der Waals surface area contributed by atoms with E-state index in [9.17, 15) is 4.79 Å². The van der Waals surface area contributed by atoms with Gasteiger partial charge in [-0.2, -0.15) is 0 Å². The highest BCUT2D eigenvalue weighted by Gasteiger charge is 2.10. The van der Waals surface area contributed by atoms with E-state index in [1.165, 1.54) is 6.07 Å². The number of hydrogen-bond donors (Lipinski definition) is 2. The Bertz CT molecular complexity index is 682. The molecule has 0 heterocycles. The fourth-order valence-corrected chi connectivity index (χ4v) is 1.68. The summed E-state index contributed by atoms with van der Waals surface area (Å²) in [7, 11) is 0. The van der Waals surface area contributed by atoms with Gasteiger partial charge in [-0.05, 0) is 36.4 Å². The number of carboxylic acid groups (broad SMARTS) is 1. The number of hydrogen-bond acceptors (Lipinski definition) is 2. The van der Waals surface area contributed by atoms with Crippen molar-refractivity contribution in [2.75, 3.05) is 5.73 Å². The van der Waals surface area contributed by atoms with E-state index >= 15 is 0 Å². The average Bonchev–Trinajstić information content (AvgIpc) is 2.39. The smallest absolute Gasteiger partial charge is 0.337 e. The SMILES string of the molecule is Nc1cccc(C(=O)O)c1C#Cc1ccc(Cl)cc1. The largest absolute Gasteiger partial charge is 0.478 e. The first-order valence-corrected chi connectivity index (χ1v) is 5.85. The lowest BCUT2D eigenvalue weighted by Crippen LogP contribution is -2.03. The normalized spacial score (nSPS) is 9.53. The van der Waals surface area contributed by atoms with E-state index in [1.807, 2.05) is 0 Å². The number of carboxylic acids is 1. The predicted molar refractivity (Wildman–Crippen MR) is 75.2 cm³/mol. The Hall–Kier alpha value is -2.44. The van der Waals surface area contributed by atoms with Crippen molar-refractivity contribution in [3.8, 4) is 11.8 Å². The molecule has 3 N–H and O–H groups in total. The Morgan fingerprint density at radius 2 is 1.79 bits per heavy atom. The summed E-state index contributed by atoms with van der Waals surface area (Å²) in [5.74, 6) is 4.62. The third kappa shape index (κ3) is 3.06. The van der Waals surface area contributed by atoms with Gasteiger partial charge >= 0.3 is 5.97 Å². The van der Waals surface area contributed by atoms with Gasteiger partial charge < -0.3 is 10.8 Å². The molecule has 0 radical (unpaired) electrons. The molecule has 0 saturated carbocycles. The molecule has 3 nitrogen and oxygen atoms in total. The van der Waals surface area contributed by atoms with Crippen LogP contribution in [0.25, 0.3) is 0 Å². The van der Waals surface area contributed by atoms with Crippen molar-refractivity contribution in [2.24, 2.45) is 0 Å². The Balaban J connectivity index is 2.44. The lowest BCUT2D eigenvalue weighted by atomic mass is 10.1. The van der Waals surface area contributed by atoms with Crippen LogP contribution in [0.4, 0.5) is 5.69 Å². The second-order valence-electron chi connectivity index (χ2n) is 3.83. The van der Waals surface area contributed by atoms with E-state index in [4.69, 9.17) is 22.4 Å². The van der Waals surface area contributed by atoms with E-state index in [0.29, 0.717) is 16.3 Å². The van der Waals surface area contributed by atoms with Gasteiger partial charge in [-0.1, -0.05) is 29.5 Å². The van der Waals surface area contributed by atoms with E-state index in [-0.39, 0.29) is 5.56 Å². The molecule has 0 saturated heterocycles. The van der Waals surface area contributed by atoms with Crippen molar-refractivity contribution < 1.29 is 9.90 Å². The number of benzene rings is 2. The van der Waals surface area contributed by atoms with Crippen LogP contribution in [0.5, 0.6) is 0 Å². The molecule has 0 amide bonds. The van der Waals surface area contributed by atoms with Gasteiger partial charge in [0, 0.05) is 16.3 Å². The summed E-state index contributed by atoms with van der Waals surface area (Å²) in [4.78, 5) is 11.1. The molecular formula is C15H10ClNO2. The second-order valence-corrected chi connectivity index (χ2v) is 4.27. The fraction of sp³-hybridized carbons (Fsp3) is 0. The van der Waals surface area contributed by atoms with Crippen LogP contribution in [-0.2, 0) is 0 Å². The molecule has 0 spiro atoms. The van der Waals surface area contributed by atoms with Crippen molar-refractivity contribution in [3.05, 3.63) is 64.2 Å². The summed E-state index contributed by atoms with van der Waals surface area (Å²) in [5.41, 5.74) is 7.27. The number of nitrogen functional groups attached to an aromatic ring is 1. The molecule has 0 aliphatic rings. The summed E-state index contributed by atoms with van der Waals surface area (Å²) in [6.45, 7) is 0. The Kier molecular flexibility index (Phi) is 3.74. The minimum Gasteiger partial charge on any atom is -0.478 e. The summed E-state index contributed by atoms with van der Waals surface area (Å²) >= 11 is 5.77.